The predicted octanol–water partition coefficient (Wildman–Crippen LogP) is 1.58. The van der Waals surface area contributed by atoms with Gasteiger partial charge in [0.2, 0.25) is 0 Å². The molecule has 1 atom stereocenters. The van der Waals surface area contributed by atoms with E-state index < -0.39 is 0 Å². The normalized spacial score (nSPS) is 19.5. The smallest absolute Gasteiger partial charge is 0.122 e. The number of nitrogens with one attached hydrogen (secondary N) is 1. The fourth-order valence-electron chi connectivity index (χ4n) is 1.88. The monoisotopic (exact) mass is 234 g/mol. The molecule has 1 aromatic carbocycles. The van der Waals surface area contributed by atoms with E-state index in [4.69, 9.17) is 20.6 Å². The SMILES string of the molecule is Cc1cc(C(=N)N)ccc1COC1CCOC1. The van der Waals surface area contributed by atoms with Gasteiger partial charge in [0.15, 0.2) is 0 Å². The Morgan fingerprint density at radius 1 is 1.59 bits per heavy atom. The van der Waals surface area contributed by atoms with Gasteiger partial charge in [-0.1, -0.05) is 12.1 Å². The Morgan fingerprint density at radius 3 is 3.00 bits per heavy atom. The minimum Gasteiger partial charge on any atom is -0.384 e. The van der Waals surface area contributed by atoms with Gasteiger partial charge >= 0.3 is 0 Å². The van der Waals surface area contributed by atoms with E-state index in [0.717, 1.165) is 29.7 Å². The molecular formula is C13H18N2O2. The summed E-state index contributed by atoms with van der Waals surface area (Å²) in [5, 5.41) is 7.37. The van der Waals surface area contributed by atoms with Crippen molar-refractivity contribution in [3.05, 3.63) is 34.9 Å². The molecule has 1 aromatic rings. The second-order valence-corrected chi connectivity index (χ2v) is 4.35. The maximum atomic E-state index is 7.37. The molecule has 0 spiro atoms. The van der Waals surface area contributed by atoms with Crippen LogP contribution in [0, 0.1) is 12.3 Å². The fourth-order valence-corrected chi connectivity index (χ4v) is 1.88. The maximum Gasteiger partial charge on any atom is 0.122 e. The van der Waals surface area contributed by atoms with Crippen LogP contribution in [-0.4, -0.2) is 25.2 Å². The highest BCUT2D eigenvalue weighted by Crippen LogP contribution is 2.15. The number of hydrogen-bond acceptors (Lipinski definition) is 3. The molecular weight excluding hydrogens is 216 g/mol. The minimum atomic E-state index is 0.102. The molecule has 0 bridgehead atoms. The third-order valence-corrected chi connectivity index (χ3v) is 3.02. The van der Waals surface area contributed by atoms with Crippen molar-refractivity contribution in [1.29, 1.82) is 5.41 Å². The van der Waals surface area contributed by atoms with Gasteiger partial charge < -0.3 is 15.2 Å². The molecule has 4 heteroatoms. The molecule has 1 heterocycles. The topological polar surface area (TPSA) is 68.3 Å². The molecule has 1 aliphatic heterocycles. The molecule has 1 aliphatic rings. The van der Waals surface area contributed by atoms with Gasteiger partial charge in [-0.05, 0) is 30.5 Å². The van der Waals surface area contributed by atoms with E-state index in [1.54, 1.807) is 0 Å². The van der Waals surface area contributed by atoms with Crippen LogP contribution in [-0.2, 0) is 16.1 Å². The number of ether oxygens (including phenoxy) is 2. The van der Waals surface area contributed by atoms with Crippen molar-refractivity contribution in [3.63, 3.8) is 0 Å². The number of hydrogen-bond donors (Lipinski definition) is 2. The van der Waals surface area contributed by atoms with Crippen LogP contribution in [0.3, 0.4) is 0 Å². The second kappa shape index (κ2) is 5.29. The molecule has 0 amide bonds. The van der Waals surface area contributed by atoms with Crippen LogP contribution in [0.15, 0.2) is 18.2 Å². The van der Waals surface area contributed by atoms with Crippen LogP contribution >= 0.6 is 0 Å². The van der Waals surface area contributed by atoms with Gasteiger partial charge in [-0.3, -0.25) is 5.41 Å². The summed E-state index contributed by atoms with van der Waals surface area (Å²) in [6.07, 6.45) is 1.20. The summed E-state index contributed by atoms with van der Waals surface area (Å²) >= 11 is 0. The minimum absolute atomic E-state index is 0.102. The van der Waals surface area contributed by atoms with E-state index in [-0.39, 0.29) is 11.9 Å². The lowest BCUT2D eigenvalue weighted by Crippen LogP contribution is -2.14. The van der Waals surface area contributed by atoms with Gasteiger partial charge in [-0.2, -0.15) is 0 Å². The third kappa shape index (κ3) is 3.05. The predicted molar refractivity (Wildman–Crippen MR) is 66.2 cm³/mol. The molecule has 92 valence electrons. The fraction of sp³-hybridized carbons (Fsp3) is 0.462. The molecule has 1 unspecified atom stereocenters. The first-order valence-electron chi connectivity index (χ1n) is 5.80. The van der Waals surface area contributed by atoms with Crippen molar-refractivity contribution in [2.24, 2.45) is 5.73 Å². The summed E-state index contributed by atoms with van der Waals surface area (Å²) in [6.45, 7) is 4.10. The average molecular weight is 234 g/mol. The Morgan fingerprint density at radius 2 is 2.41 bits per heavy atom. The van der Waals surface area contributed by atoms with Gasteiger partial charge in [-0.25, -0.2) is 0 Å². The van der Waals surface area contributed by atoms with Crippen LogP contribution in [0.25, 0.3) is 0 Å². The van der Waals surface area contributed by atoms with Crippen LogP contribution in [0.2, 0.25) is 0 Å². The Labute approximate surface area is 101 Å². The number of nitrogens with two attached hydrogens (primary N) is 1. The van der Waals surface area contributed by atoms with Crippen LogP contribution in [0.5, 0.6) is 0 Å². The molecule has 0 radical (unpaired) electrons. The Kier molecular flexibility index (Phi) is 3.76. The average Bonchev–Trinajstić information content (AvgIpc) is 2.80. The lowest BCUT2D eigenvalue weighted by molar-refractivity contribution is 0.0315. The first kappa shape index (κ1) is 12.1. The maximum absolute atomic E-state index is 7.37. The van der Waals surface area contributed by atoms with Crippen molar-refractivity contribution in [2.75, 3.05) is 13.2 Å². The van der Waals surface area contributed by atoms with Crippen LogP contribution in [0.4, 0.5) is 0 Å². The molecule has 4 nitrogen and oxygen atoms in total. The van der Waals surface area contributed by atoms with Gasteiger partial charge in [0.05, 0.1) is 19.3 Å². The second-order valence-electron chi connectivity index (χ2n) is 4.35. The molecule has 3 N–H and O–H groups in total. The van der Waals surface area contributed by atoms with E-state index in [0.29, 0.717) is 13.2 Å². The van der Waals surface area contributed by atoms with E-state index in [1.807, 2.05) is 25.1 Å². The molecule has 0 aromatic heterocycles. The number of benzene rings is 1. The molecule has 0 aliphatic carbocycles. The van der Waals surface area contributed by atoms with E-state index in [1.165, 1.54) is 0 Å². The van der Waals surface area contributed by atoms with Crippen LogP contribution in [0.1, 0.15) is 23.1 Å². The van der Waals surface area contributed by atoms with E-state index >= 15 is 0 Å². The quantitative estimate of drug-likeness (QED) is 0.614. The van der Waals surface area contributed by atoms with Gasteiger partial charge in [0.25, 0.3) is 0 Å². The summed E-state index contributed by atoms with van der Waals surface area (Å²) in [6, 6.07) is 5.76. The van der Waals surface area contributed by atoms with E-state index in [9.17, 15) is 0 Å². The number of amidine groups is 1. The highest BCUT2D eigenvalue weighted by Gasteiger charge is 2.16. The van der Waals surface area contributed by atoms with Crippen molar-refractivity contribution in [3.8, 4) is 0 Å². The molecule has 2 rings (SSSR count). The van der Waals surface area contributed by atoms with Crippen molar-refractivity contribution < 1.29 is 9.47 Å². The van der Waals surface area contributed by atoms with Crippen molar-refractivity contribution in [2.45, 2.75) is 26.1 Å². The zero-order valence-electron chi connectivity index (χ0n) is 10.0. The van der Waals surface area contributed by atoms with Gasteiger partial charge in [0.1, 0.15) is 5.84 Å². The Balaban J connectivity index is 1.98. The molecule has 1 fully saturated rings. The lowest BCUT2D eigenvalue weighted by Gasteiger charge is -2.12. The largest absolute Gasteiger partial charge is 0.384 e. The summed E-state index contributed by atoms with van der Waals surface area (Å²) in [4.78, 5) is 0. The highest BCUT2D eigenvalue weighted by molar-refractivity contribution is 5.95. The standard InChI is InChI=1S/C13H18N2O2/c1-9-6-10(13(14)15)2-3-11(9)7-17-12-4-5-16-8-12/h2-3,6,12H,4-5,7-8H2,1H3,(H3,14,15). The van der Waals surface area contributed by atoms with Gasteiger partial charge in [0, 0.05) is 12.2 Å². The molecule has 0 saturated carbocycles. The van der Waals surface area contributed by atoms with Crippen LogP contribution < -0.4 is 5.73 Å². The number of nitrogen functional groups attached to an aromatic ring is 1. The summed E-state index contributed by atoms with van der Waals surface area (Å²) < 4.78 is 11.0. The first-order valence-corrected chi connectivity index (χ1v) is 5.80. The Hall–Kier alpha value is -1.39. The van der Waals surface area contributed by atoms with Crippen molar-refractivity contribution in [1.82, 2.24) is 0 Å². The zero-order chi connectivity index (χ0) is 12.3. The van der Waals surface area contributed by atoms with Crippen molar-refractivity contribution >= 4 is 5.84 Å². The number of aryl methyl sites for hydroxylation is 1. The van der Waals surface area contributed by atoms with Gasteiger partial charge in [-0.15, -0.1) is 0 Å². The number of rotatable bonds is 4. The Bertz CT molecular complexity index is 412. The lowest BCUT2D eigenvalue weighted by atomic mass is 10.1. The highest BCUT2D eigenvalue weighted by atomic mass is 16.5. The summed E-state index contributed by atoms with van der Waals surface area (Å²) in [5.41, 5.74) is 8.45. The summed E-state index contributed by atoms with van der Waals surface area (Å²) in [5.74, 6) is 0.102. The molecule has 1 saturated heterocycles. The summed E-state index contributed by atoms with van der Waals surface area (Å²) in [7, 11) is 0. The van der Waals surface area contributed by atoms with E-state index in [2.05, 4.69) is 0 Å². The first-order chi connectivity index (χ1) is 8.16. The molecule has 17 heavy (non-hydrogen) atoms. The third-order valence-electron chi connectivity index (χ3n) is 3.02. The zero-order valence-corrected chi connectivity index (χ0v) is 10.0.